The summed E-state index contributed by atoms with van der Waals surface area (Å²) in [5.41, 5.74) is 0. The van der Waals surface area contributed by atoms with Gasteiger partial charge in [0.15, 0.2) is 0 Å². The molecule has 0 spiro atoms. The Morgan fingerprint density at radius 1 is 1.08 bits per heavy atom. The lowest BCUT2D eigenvalue weighted by Gasteiger charge is -2.35. The van der Waals surface area contributed by atoms with Crippen molar-refractivity contribution in [2.45, 2.75) is 39.2 Å². The monoisotopic (exact) mass is 333 g/mol. The SMILES string of the molecule is CCc1ccc(CN2CCC(CC(=O)N3CCN(C)CC3)CC2)o1. The maximum atomic E-state index is 12.5. The summed E-state index contributed by atoms with van der Waals surface area (Å²) >= 11 is 0. The Hall–Kier alpha value is -1.33. The van der Waals surface area contributed by atoms with E-state index in [1.165, 1.54) is 0 Å². The van der Waals surface area contributed by atoms with E-state index in [0.29, 0.717) is 11.8 Å². The number of aryl methyl sites for hydroxylation is 1. The third-order valence-electron chi connectivity index (χ3n) is 5.47. The molecule has 1 amide bonds. The van der Waals surface area contributed by atoms with Crippen LogP contribution in [0.25, 0.3) is 0 Å². The quantitative estimate of drug-likeness (QED) is 0.828. The number of amides is 1. The minimum atomic E-state index is 0.361. The number of piperidine rings is 1. The van der Waals surface area contributed by atoms with Crippen LogP contribution in [0.1, 0.15) is 37.7 Å². The van der Waals surface area contributed by atoms with Gasteiger partial charge in [0.05, 0.1) is 6.54 Å². The highest BCUT2D eigenvalue weighted by Gasteiger charge is 2.25. The summed E-state index contributed by atoms with van der Waals surface area (Å²) < 4.78 is 5.81. The molecule has 2 aliphatic heterocycles. The normalized spacial score (nSPS) is 21.3. The Kier molecular flexibility index (Phi) is 5.95. The van der Waals surface area contributed by atoms with Gasteiger partial charge in [0.2, 0.25) is 5.91 Å². The zero-order chi connectivity index (χ0) is 16.9. The lowest BCUT2D eigenvalue weighted by molar-refractivity contribution is -0.134. The largest absolute Gasteiger partial charge is 0.465 e. The molecule has 1 aromatic rings. The Morgan fingerprint density at radius 2 is 1.75 bits per heavy atom. The standard InChI is InChI=1S/C19H31N3O2/c1-3-17-4-5-18(24-17)15-21-8-6-16(7-9-21)14-19(23)22-12-10-20(2)11-13-22/h4-5,16H,3,6-15H2,1-2H3. The van der Waals surface area contributed by atoms with Crippen LogP contribution in [0.2, 0.25) is 0 Å². The first-order chi connectivity index (χ1) is 11.6. The molecule has 2 fully saturated rings. The van der Waals surface area contributed by atoms with E-state index in [-0.39, 0.29) is 0 Å². The molecule has 134 valence electrons. The van der Waals surface area contributed by atoms with E-state index in [0.717, 1.165) is 83.0 Å². The third kappa shape index (κ3) is 4.61. The molecule has 0 bridgehead atoms. The molecule has 0 saturated carbocycles. The maximum absolute atomic E-state index is 12.5. The summed E-state index contributed by atoms with van der Waals surface area (Å²) in [6.45, 7) is 8.97. The molecule has 0 aliphatic carbocycles. The highest BCUT2D eigenvalue weighted by Crippen LogP contribution is 2.23. The van der Waals surface area contributed by atoms with Crippen molar-refractivity contribution in [3.63, 3.8) is 0 Å². The van der Waals surface area contributed by atoms with Crippen molar-refractivity contribution >= 4 is 5.91 Å². The van der Waals surface area contributed by atoms with Crippen molar-refractivity contribution in [2.75, 3.05) is 46.3 Å². The minimum Gasteiger partial charge on any atom is -0.465 e. The fourth-order valence-corrected chi connectivity index (χ4v) is 3.70. The molecule has 1 aromatic heterocycles. The lowest BCUT2D eigenvalue weighted by atomic mass is 9.93. The molecule has 0 atom stereocenters. The van der Waals surface area contributed by atoms with Crippen molar-refractivity contribution in [3.05, 3.63) is 23.7 Å². The van der Waals surface area contributed by atoms with Crippen molar-refractivity contribution < 1.29 is 9.21 Å². The van der Waals surface area contributed by atoms with Crippen LogP contribution in [0.4, 0.5) is 0 Å². The number of piperazine rings is 1. The molecular weight excluding hydrogens is 302 g/mol. The first kappa shape index (κ1) is 17.5. The molecule has 3 heterocycles. The molecule has 24 heavy (non-hydrogen) atoms. The fourth-order valence-electron chi connectivity index (χ4n) is 3.70. The molecule has 0 unspecified atom stereocenters. The summed E-state index contributed by atoms with van der Waals surface area (Å²) in [6, 6.07) is 4.18. The molecule has 5 heteroatoms. The van der Waals surface area contributed by atoms with E-state index in [4.69, 9.17) is 4.42 Å². The average molecular weight is 333 g/mol. The van der Waals surface area contributed by atoms with Gasteiger partial charge < -0.3 is 14.2 Å². The van der Waals surface area contributed by atoms with Crippen LogP contribution >= 0.6 is 0 Å². The molecule has 0 aromatic carbocycles. The molecular formula is C19H31N3O2. The van der Waals surface area contributed by atoms with E-state index in [1.54, 1.807) is 0 Å². The summed E-state index contributed by atoms with van der Waals surface area (Å²) in [4.78, 5) is 19.3. The van der Waals surface area contributed by atoms with Gasteiger partial charge >= 0.3 is 0 Å². The van der Waals surface area contributed by atoms with Gasteiger partial charge in [-0.2, -0.15) is 0 Å². The highest BCUT2D eigenvalue weighted by molar-refractivity contribution is 5.76. The number of likely N-dealkylation sites (N-methyl/N-ethyl adjacent to an activating group) is 1. The predicted octanol–water partition coefficient (Wildman–Crippen LogP) is 2.22. The Labute approximate surface area is 145 Å². The summed E-state index contributed by atoms with van der Waals surface area (Å²) in [5, 5.41) is 0. The van der Waals surface area contributed by atoms with Gasteiger partial charge in [-0.15, -0.1) is 0 Å². The number of carbonyl (C=O) groups is 1. The van der Waals surface area contributed by atoms with Crippen LogP contribution in [0.5, 0.6) is 0 Å². The predicted molar refractivity (Wildman–Crippen MR) is 94.8 cm³/mol. The van der Waals surface area contributed by atoms with Crippen molar-refractivity contribution in [1.29, 1.82) is 0 Å². The van der Waals surface area contributed by atoms with E-state index < -0.39 is 0 Å². The van der Waals surface area contributed by atoms with E-state index in [1.807, 2.05) is 0 Å². The first-order valence-corrected chi connectivity index (χ1v) is 9.40. The lowest BCUT2D eigenvalue weighted by Crippen LogP contribution is -2.47. The number of carbonyl (C=O) groups excluding carboxylic acids is 1. The molecule has 2 saturated heterocycles. The Morgan fingerprint density at radius 3 is 2.38 bits per heavy atom. The van der Waals surface area contributed by atoms with E-state index in [9.17, 15) is 4.79 Å². The molecule has 3 rings (SSSR count). The Balaban J connectivity index is 1.39. The van der Waals surface area contributed by atoms with Crippen molar-refractivity contribution in [3.8, 4) is 0 Å². The van der Waals surface area contributed by atoms with Gasteiger partial charge in [-0.3, -0.25) is 9.69 Å². The van der Waals surface area contributed by atoms with Gasteiger partial charge in [0.1, 0.15) is 11.5 Å². The zero-order valence-electron chi connectivity index (χ0n) is 15.2. The number of rotatable bonds is 5. The fraction of sp³-hybridized carbons (Fsp3) is 0.737. The van der Waals surface area contributed by atoms with E-state index in [2.05, 4.69) is 40.8 Å². The van der Waals surface area contributed by atoms with Crippen LogP contribution in [-0.4, -0.2) is 66.9 Å². The highest BCUT2D eigenvalue weighted by atomic mass is 16.3. The van der Waals surface area contributed by atoms with Crippen molar-refractivity contribution in [2.24, 2.45) is 5.92 Å². The van der Waals surface area contributed by atoms with Crippen LogP contribution in [-0.2, 0) is 17.8 Å². The second-order valence-electron chi connectivity index (χ2n) is 7.33. The van der Waals surface area contributed by atoms with Crippen LogP contribution < -0.4 is 0 Å². The molecule has 5 nitrogen and oxygen atoms in total. The Bertz CT molecular complexity index is 526. The zero-order valence-corrected chi connectivity index (χ0v) is 15.2. The van der Waals surface area contributed by atoms with Gasteiger partial charge in [0.25, 0.3) is 0 Å². The third-order valence-corrected chi connectivity index (χ3v) is 5.47. The minimum absolute atomic E-state index is 0.361. The van der Waals surface area contributed by atoms with E-state index >= 15 is 0 Å². The van der Waals surface area contributed by atoms with Crippen LogP contribution in [0, 0.1) is 5.92 Å². The van der Waals surface area contributed by atoms with Gasteiger partial charge in [-0.1, -0.05) is 6.92 Å². The van der Waals surface area contributed by atoms with Gasteiger partial charge in [-0.05, 0) is 51.0 Å². The number of hydrogen-bond donors (Lipinski definition) is 0. The number of hydrogen-bond acceptors (Lipinski definition) is 4. The van der Waals surface area contributed by atoms with Crippen LogP contribution in [0.3, 0.4) is 0 Å². The number of likely N-dealkylation sites (tertiary alicyclic amines) is 1. The molecule has 0 radical (unpaired) electrons. The smallest absolute Gasteiger partial charge is 0.222 e. The van der Waals surface area contributed by atoms with Crippen molar-refractivity contribution in [1.82, 2.24) is 14.7 Å². The van der Waals surface area contributed by atoms with Gasteiger partial charge in [-0.25, -0.2) is 0 Å². The summed E-state index contributed by atoms with van der Waals surface area (Å²) in [7, 11) is 2.13. The summed E-state index contributed by atoms with van der Waals surface area (Å²) in [6.07, 6.45) is 3.94. The first-order valence-electron chi connectivity index (χ1n) is 9.40. The van der Waals surface area contributed by atoms with Crippen LogP contribution in [0.15, 0.2) is 16.5 Å². The number of furan rings is 1. The topological polar surface area (TPSA) is 39.9 Å². The summed E-state index contributed by atoms with van der Waals surface area (Å²) in [5.74, 6) is 3.05. The second-order valence-corrected chi connectivity index (χ2v) is 7.33. The average Bonchev–Trinajstić information content (AvgIpc) is 3.05. The number of nitrogens with zero attached hydrogens (tertiary/aromatic N) is 3. The maximum Gasteiger partial charge on any atom is 0.222 e. The van der Waals surface area contributed by atoms with Gasteiger partial charge in [0, 0.05) is 39.0 Å². The second kappa shape index (κ2) is 8.17. The molecule has 0 N–H and O–H groups in total. The molecule has 2 aliphatic rings.